The Kier molecular flexibility index (Phi) is 37.9. The third-order valence-corrected chi connectivity index (χ3v) is 10.5. The Morgan fingerprint density at radius 2 is 1.05 bits per heavy atom. The number of aliphatic hydroxyl groups is 3. The van der Waals surface area contributed by atoms with Gasteiger partial charge in [0.15, 0.2) is 6.10 Å². The summed E-state index contributed by atoms with van der Waals surface area (Å²) in [4.78, 5) is 52.7. The summed E-state index contributed by atoms with van der Waals surface area (Å²) < 4.78 is 47.6. The van der Waals surface area contributed by atoms with Crippen molar-refractivity contribution in [3.05, 3.63) is 60.8 Å². The molecule has 0 amide bonds. The zero-order valence-electron chi connectivity index (χ0n) is 36.7. The fourth-order valence-corrected chi connectivity index (χ4v) is 6.71. The Morgan fingerprint density at radius 3 is 1.70 bits per heavy atom. The molecule has 0 fully saturated rings. The predicted octanol–water partition coefficient (Wildman–Crippen LogP) is 9.17. The van der Waals surface area contributed by atoms with E-state index in [9.17, 15) is 38.9 Å². The van der Waals surface area contributed by atoms with Gasteiger partial charge < -0.3 is 39.5 Å². The minimum atomic E-state index is -4.90. The second-order valence-corrected chi connectivity index (χ2v) is 17.6. The number of unbranched alkanes of at least 4 members (excludes halogenated alkanes) is 12. The van der Waals surface area contributed by atoms with E-state index in [-0.39, 0.29) is 32.1 Å². The minimum Gasteiger partial charge on any atom is -0.462 e. The first kappa shape index (κ1) is 58.7. The summed E-state index contributed by atoms with van der Waals surface area (Å²) in [7, 11) is -9.78. The van der Waals surface area contributed by atoms with Gasteiger partial charge in [-0.3, -0.25) is 23.2 Å². The Bertz CT molecular complexity index is 1340. The average molecular weight is 909 g/mol. The van der Waals surface area contributed by atoms with E-state index >= 15 is 0 Å². The Balaban J connectivity index is 4.78. The molecule has 0 aliphatic rings. The molecule has 0 radical (unpaired) electrons. The normalized spacial score (nSPS) is 15.6. The summed E-state index contributed by atoms with van der Waals surface area (Å²) >= 11 is 0. The third kappa shape index (κ3) is 41.5. The van der Waals surface area contributed by atoms with Crippen LogP contribution in [0.15, 0.2) is 60.8 Å². The lowest BCUT2D eigenvalue weighted by atomic mass is 10.0. The van der Waals surface area contributed by atoms with Crippen LogP contribution >= 0.6 is 15.6 Å². The van der Waals surface area contributed by atoms with E-state index in [4.69, 9.17) is 23.8 Å². The van der Waals surface area contributed by atoms with Crippen molar-refractivity contribution in [3.8, 4) is 0 Å². The number of phosphoric ester groups is 2. The fourth-order valence-electron chi connectivity index (χ4n) is 5.56. The molecule has 0 rings (SSSR count). The van der Waals surface area contributed by atoms with Crippen LogP contribution in [-0.2, 0) is 41.8 Å². The molecule has 0 saturated heterocycles. The first-order valence-corrected chi connectivity index (χ1v) is 25.2. The quantitative estimate of drug-likeness (QED) is 0.0110. The summed E-state index contributed by atoms with van der Waals surface area (Å²) in [5.41, 5.74) is 0. The Labute approximate surface area is 365 Å². The number of rotatable bonds is 41. The van der Waals surface area contributed by atoms with Gasteiger partial charge in [-0.1, -0.05) is 126 Å². The van der Waals surface area contributed by atoms with Crippen LogP contribution in [0.25, 0.3) is 0 Å². The lowest BCUT2D eigenvalue weighted by Gasteiger charge is -2.20. The van der Waals surface area contributed by atoms with Gasteiger partial charge in [0, 0.05) is 12.8 Å². The zero-order valence-corrected chi connectivity index (χ0v) is 38.5. The van der Waals surface area contributed by atoms with Crippen molar-refractivity contribution >= 4 is 27.6 Å². The maximum Gasteiger partial charge on any atom is 0.472 e. The van der Waals surface area contributed by atoms with E-state index in [0.29, 0.717) is 12.8 Å². The van der Waals surface area contributed by atoms with E-state index in [0.717, 1.165) is 51.4 Å². The molecule has 0 aromatic carbocycles. The van der Waals surface area contributed by atoms with Crippen molar-refractivity contribution in [1.82, 2.24) is 0 Å². The number of hydrogen-bond acceptors (Lipinski definition) is 12. The van der Waals surface area contributed by atoms with Gasteiger partial charge in [0.05, 0.1) is 32.0 Å². The molecular formula is C44H78O15P2. The minimum absolute atomic E-state index is 0.0510. The molecular weight excluding hydrogens is 830 g/mol. The maximum atomic E-state index is 12.7. The SMILES string of the molecule is CCCCC/C=C\C/C=C\C/C=C\CC(O)C(O)CCCC(=O)OC[C@H](COP(=O)(O)OC[C@@H](O)COP(=O)(O)O)OC(=O)CCCCCCC/C=C\C=C/CCCCCC. The number of allylic oxidation sites excluding steroid dienone is 9. The molecule has 3 unspecified atom stereocenters. The molecule has 6 N–H and O–H groups in total. The van der Waals surface area contributed by atoms with E-state index in [1.54, 1.807) is 6.08 Å². The molecule has 354 valence electrons. The van der Waals surface area contributed by atoms with E-state index in [1.165, 1.54) is 44.9 Å². The third-order valence-electron chi connectivity index (χ3n) is 9.10. The van der Waals surface area contributed by atoms with Gasteiger partial charge in [0.25, 0.3) is 0 Å². The van der Waals surface area contributed by atoms with E-state index < -0.39 is 78.4 Å². The van der Waals surface area contributed by atoms with Crippen molar-refractivity contribution in [3.63, 3.8) is 0 Å². The topological polar surface area (TPSA) is 236 Å². The van der Waals surface area contributed by atoms with Crippen LogP contribution in [0.3, 0.4) is 0 Å². The molecule has 15 nitrogen and oxygen atoms in total. The van der Waals surface area contributed by atoms with Gasteiger partial charge in [-0.05, 0) is 77.0 Å². The van der Waals surface area contributed by atoms with Gasteiger partial charge in [0.2, 0.25) is 0 Å². The summed E-state index contributed by atoms with van der Waals surface area (Å²) in [5, 5.41) is 30.4. The number of carbonyl (C=O) groups excluding carboxylic acids is 2. The number of esters is 2. The summed E-state index contributed by atoms with van der Waals surface area (Å²) in [6.07, 6.45) is 33.8. The monoisotopic (exact) mass is 908 g/mol. The molecule has 61 heavy (non-hydrogen) atoms. The van der Waals surface area contributed by atoms with Crippen LogP contribution in [0.4, 0.5) is 0 Å². The highest BCUT2D eigenvalue weighted by Crippen LogP contribution is 2.43. The lowest BCUT2D eigenvalue weighted by molar-refractivity contribution is -0.161. The van der Waals surface area contributed by atoms with Gasteiger partial charge in [0.1, 0.15) is 12.7 Å². The zero-order chi connectivity index (χ0) is 45.5. The van der Waals surface area contributed by atoms with E-state index in [2.05, 4.69) is 65.4 Å². The molecule has 0 aliphatic carbocycles. The smallest absolute Gasteiger partial charge is 0.462 e. The number of ether oxygens (including phenoxy) is 2. The second kappa shape index (κ2) is 39.3. The highest BCUT2D eigenvalue weighted by Gasteiger charge is 2.28. The van der Waals surface area contributed by atoms with Gasteiger partial charge in [-0.15, -0.1) is 0 Å². The number of phosphoric acid groups is 2. The Hall–Kier alpha value is -2.26. The largest absolute Gasteiger partial charge is 0.472 e. The predicted molar refractivity (Wildman–Crippen MR) is 237 cm³/mol. The van der Waals surface area contributed by atoms with Gasteiger partial charge in [-0.25, -0.2) is 9.13 Å². The molecule has 0 spiro atoms. The molecule has 17 heteroatoms. The first-order chi connectivity index (χ1) is 29.2. The summed E-state index contributed by atoms with van der Waals surface area (Å²) in [5.74, 6) is -1.34. The first-order valence-electron chi connectivity index (χ1n) is 22.2. The Morgan fingerprint density at radius 1 is 0.541 bits per heavy atom. The summed E-state index contributed by atoms with van der Waals surface area (Å²) in [6.45, 7) is 1.36. The number of aliphatic hydroxyl groups excluding tert-OH is 3. The maximum absolute atomic E-state index is 12.7. The van der Waals surface area contributed by atoms with Gasteiger partial charge in [-0.2, -0.15) is 0 Å². The molecule has 0 bridgehead atoms. The lowest BCUT2D eigenvalue weighted by Crippen LogP contribution is -2.30. The molecule has 0 saturated carbocycles. The highest BCUT2D eigenvalue weighted by atomic mass is 31.2. The van der Waals surface area contributed by atoms with Crippen LogP contribution in [0.5, 0.6) is 0 Å². The molecule has 0 heterocycles. The fraction of sp³-hybridized carbons (Fsp3) is 0.727. The van der Waals surface area contributed by atoms with Crippen LogP contribution < -0.4 is 0 Å². The molecule has 0 aromatic rings. The van der Waals surface area contributed by atoms with Crippen LogP contribution in [0, 0.1) is 0 Å². The van der Waals surface area contributed by atoms with E-state index in [1.807, 2.05) is 12.2 Å². The molecule has 5 atom stereocenters. The standard InChI is InChI=1S/C44H78O15P2/c1-3-5-7-9-11-13-15-17-18-19-21-23-25-27-29-33-44(49)59-40(38-58-61(53,54)57-36-39(45)35-56-60(50,51)52)37-55-43(48)34-30-32-42(47)41(46)31-28-26-24-22-20-16-14-12-10-8-6-4-2/h12-15,17-18,20,22,26,28,39-42,45-47H,3-11,16,19,21,23-25,27,29-38H2,1-2H3,(H,53,54)(H2,50,51,52)/b14-12-,15-13-,18-17-,22-20-,28-26-/t39-,40+,41?,42?/m0/s1. The number of carbonyl (C=O) groups is 2. The second-order valence-electron chi connectivity index (χ2n) is 15.0. The van der Waals surface area contributed by atoms with Crippen LogP contribution in [-0.4, -0.2) is 92.8 Å². The van der Waals surface area contributed by atoms with Crippen molar-refractivity contribution < 1.29 is 71.8 Å². The summed E-state index contributed by atoms with van der Waals surface area (Å²) in [6, 6.07) is 0. The van der Waals surface area contributed by atoms with Crippen molar-refractivity contribution in [2.45, 2.75) is 180 Å². The highest BCUT2D eigenvalue weighted by molar-refractivity contribution is 7.47. The number of hydrogen-bond donors (Lipinski definition) is 6. The van der Waals surface area contributed by atoms with Crippen molar-refractivity contribution in [2.75, 3.05) is 26.4 Å². The average Bonchev–Trinajstić information content (AvgIpc) is 3.21. The van der Waals surface area contributed by atoms with Crippen LogP contribution in [0.1, 0.15) is 155 Å². The van der Waals surface area contributed by atoms with Crippen molar-refractivity contribution in [1.29, 1.82) is 0 Å². The van der Waals surface area contributed by atoms with Crippen LogP contribution in [0.2, 0.25) is 0 Å². The molecule has 0 aliphatic heterocycles. The van der Waals surface area contributed by atoms with Crippen molar-refractivity contribution in [2.24, 2.45) is 0 Å². The van der Waals surface area contributed by atoms with Gasteiger partial charge >= 0.3 is 27.6 Å². The molecule has 0 aromatic heterocycles.